The second-order valence-electron chi connectivity index (χ2n) is 6.35. The molecule has 0 aliphatic heterocycles. The third-order valence-electron chi connectivity index (χ3n) is 3.02. The molecule has 2 N–H and O–H groups in total. The Morgan fingerprint density at radius 2 is 1.83 bits per heavy atom. The minimum Gasteiger partial charge on any atom is -0.481 e. The Bertz CT molecular complexity index is 509. The molecule has 0 aliphatic carbocycles. The molecule has 0 aromatic heterocycles. The summed E-state index contributed by atoms with van der Waals surface area (Å²) in [5.74, 6) is -1.01. The van der Waals surface area contributed by atoms with Crippen molar-refractivity contribution in [2.75, 3.05) is 0 Å². The number of carbonyl (C=O) groups is 2. The second-order valence-corrected chi connectivity index (χ2v) is 6.35. The van der Waals surface area contributed by atoms with Crippen LogP contribution in [-0.2, 0) is 20.9 Å². The molecule has 0 radical (unpaired) electrons. The number of hydrogen-bond donors (Lipinski definition) is 2. The van der Waals surface area contributed by atoms with Crippen molar-refractivity contribution < 1.29 is 24.2 Å². The second kappa shape index (κ2) is 8.53. The highest BCUT2D eigenvalue weighted by Gasteiger charge is 2.26. The van der Waals surface area contributed by atoms with Crippen molar-refractivity contribution in [3.63, 3.8) is 0 Å². The van der Waals surface area contributed by atoms with Gasteiger partial charge in [-0.05, 0) is 33.3 Å². The zero-order valence-corrected chi connectivity index (χ0v) is 14.0. The van der Waals surface area contributed by atoms with E-state index in [1.807, 2.05) is 30.3 Å². The number of benzene rings is 1. The van der Waals surface area contributed by atoms with Crippen LogP contribution in [0.3, 0.4) is 0 Å². The van der Waals surface area contributed by atoms with Crippen LogP contribution in [0.1, 0.15) is 39.7 Å². The van der Waals surface area contributed by atoms with E-state index in [-0.39, 0.29) is 6.42 Å². The number of hydrogen-bond acceptors (Lipinski definition) is 4. The van der Waals surface area contributed by atoms with E-state index in [1.165, 1.54) is 0 Å². The predicted molar refractivity (Wildman–Crippen MR) is 86.1 cm³/mol. The lowest BCUT2D eigenvalue weighted by Gasteiger charge is -2.26. The Morgan fingerprint density at radius 1 is 1.22 bits per heavy atom. The summed E-state index contributed by atoms with van der Waals surface area (Å²) in [5.41, 5.74) is 0.331. The number of ether oxygens (including phenoxy) is 2. The number of amides is 1. The third kappa shape index (κ3) is 8.21. The van der Waals surface area contributed by atoms with Gasteiger partial charge in [-0.2, -0.15) is 0 Å². The number of carboxylic acid groups (broad SMARTS) is 1. The van der Waals surface area contributed by atoms with Crippen molar-refractivity contribution in [1.29, 1.82) is 0 Å². The van der Waals surface area contributed by atoms with Crippen molar-refractivity contribution in [3.05, 3.63) is 35.9 Å². The van der Waals surface area contributed by atoms with E-state index in [4.69, 9.17) is 14.6 Å². The molecule has 23 heavy (non-hydrogen) atoms. The topological polar surface area (TPSA) is 84.9 Å². The molecule has 1 amide bonds. The summed E-state index contributed by atoms with van der Waals surface area (Å²) in [7, 11) is 0. The first kappa shape index (κ1) is 19.0. The van der Waals surface area contributed by atoms with Crippen LogP contribution in [0.5, 0.6) is 0 Å². The van der Waals surface area contributed by atoms with Crippen molar-refractivity contribution in [2.45, 2.75) is 58.5 Å². The molecule has 1 aromatic carbocycles. The van der Waals surface area contributed by atoms with E-state index in [9.17, 15) is 9.59 Å². The van der Waals surface area contributed by atoms with Gasteiger partial charge >= 0.3 is 12.1 Å². The van der Waals surface area contributed by atoms with Gasteiger partial charge in [-0.1, -0.05) is 30.3 Å². The lowest BCUT2D eigenvalue weighted by Crippen LogP contribution is -2.46. The fourth-order valence-corrected chi connectivity index (χ4v) is 1.90. The van der Waals surface area contributed by atoms with Gasteiger partial charge in [0, 0.05) is 0 Å². The van der Waals surface area contributed by atoms with Crippen LogP contribution in [0.2, 0.25) is 0 Å². The fourth-order valence-electron chi connectivity index (χ4n) is 1.90. The SMILES string of the molecule is C[C@@H](OCc1ccccc1)[C@@H](CC(=O)O)NC(=O)OC(C)(C)C. The van der Waals surface area contributed by atoms with Gasteiger partial charge in [0.15, 0.2) is 0 Å². The summed E-state index contributed by atoms with van der Waals surface area (Å²) in [5, 5.41) is 11.6. The lowest BCUT2D eigenvalue weighted by atomic mass is 10.1. The van der Waals surface area contributed by atoms with Gasteiger partial charge in [0.25, 0.3) is 0 Å². The number of nitrogens with one attached hydrogen (secondary N) is 1. The third-order valence-corrected chi connectivity index (χ3v) is 3.02. The molecule has 0 saturated heterocycles. The van der Waals surface area contributed by atoms with Crippen molar-refractivity contribution in [1.82, 2.24) is 5.32 Å². The smallest absolute Gasteiger partial charge is 0.407 e. The summed E-state index contributed by atoms with van der Waals surface area (Å²) < 4.78 is 10.9. The maximum atomic E-state index is 11.8. The minimum absolute atomic E-state index is 0.241. The molecule has 6 nitrogen and oxygen atoms in total. The fraction of sp³-hybridized carbons (Fsp3) is 0.529. The molecule has 128 valence electrons. The van der Waals surface area contributed by atoms with Gasteiger partial charge in [-0.25, -0.2) is 4.79 Å². The summed E-state index contributed by atoms with van der Waals surface area (Å²) >= 11 is 0. The average Bonchev–Trinajstić information content (AvgIpc) is 2.42. The molecule has 0 heterocycles. The Hall–Kier alpha value is -2.08. The van der Waals surface area contributed by atoms with Gasteiger partial charge in [0.2, 0.25) is 0 Å². The van der Waals surface area contributed by atoms with Crippen LogP contribution in [0.25, 0.3) is 0 Å². The van der Waals surface area contributed by atoms with Gasteiger partial charge in [-0.3, -0.25) is 4.79 Å². The quantitative estimate of drug-likeness (QED) is 0.806. The summed E-state index contributed by atoms with van der Waals surface area (Å²) in [6.07, 6.45) is -1.37. The van der Waals surface area contributed by atoms with Crippen LogP contribution in [0.15, 0.2) is 30.3 Å². The van der Waals surface area contributed by atoms with Crippen LogP contribution >= 0.6 is 0 Å². The van der Waals surface area contributed by atoms with Crippen molar-refractivity contribution in [2.24, 2.45) is 0 Å². The number of alkyl carbamates (subject to hydrolysis) is 1. The highest BCUT2D eigenvalue weighted by atomic mass is 16.6. The Balaban J connectivity index is 2.61. The molecule has 0 spiro atoms. The molecule has 1 rings (SSSR count). The summed E-state index contributed by atoms with van der Waals surface area (Å²) in [6, 6.07) is 8.87. The van der Waals surface area contributed by atoms with Crippen LogP contribution in [0, 0.1) is 0 Å². The number of rotatable bonds is 7. The zero-order chi connectivity index (χ0) is 17.5. The van der Waals surface area contributed by atoms with Gasteiger partial charge in [0.05, 0.1) is 25.2 Å². The monoisotopic (exact) mass is 323 g/mol. The largest absolute Gasteiger partial charge is 0.481 e. The van der Waals surface area contributed by atoms with E-state index < -0.39 is 29.8 Å². The number of carboxylic acids is 1. The molecule has 0 saturated carbocycles. The van der Waals surface area contributed by atoms with Crippen LogP contribution < -0.4 is 5.32 Å². The molecule has 2 atom stereocenters. The van der Waals surface area contributed by atoms with E-state index >= 15 is 0 Å². The first-order chi connectivity index (χ1) is 10.7. The predicted octanol–water partition coefficient (Wildman–Crippen LogP) is 2.96. The zero-order valence-electron chi connectivity index (χ0n) is 14.0. The molecule has 0 bridgehead atoms. The van der Waals surface area contributed by atoms with Gasteiger partial charge < -0.3 is 19.9 Å². The maximum Gasteiger partial charge on any atom is 0.407 e. The molecular formula is C17H25NO5. The van der Waals surface area contributed by atoms with Crippen LogP contribution in [0.4, 0.5) is 4.79 Å². The highest BCUT2D eigenvalue weighted by Crippen LogP contribution is 2.11. The molecule has 0 unspecified atom stereocenters. The maximum absolute atomic E-state index is 11.8. The standard InChI is InChI=1S/C17H25NO5/c1-12(22-11-13-8-6-5-7-9-13)14(10-15(19)20)18-16(21)23-17(2,3)4/h5-9,12,14H,10-11H2,1-4H3,(H,18,21)(H,19,20)/t12-,14-/m1/s1. The molecule has 0 aliphatic rings. The lowest BCUT2D eigenvalue weighted by molar-refractivity contribution is -0.138. The Labute approximate surface area is 136 Å². The van der Waals surface area contributed by atoms with Crippen molar-refractivity contribution >= 4 is 12.1 Å². The molecule has 0 fully saturated rings. The normalized spacial score (nSPS) is 13.9. The number of aliphatic carboxylic acids is 1. The molecular weight excluding hydrogens is 298 g/mol. The highest BCUT2D eigenvalue weighted by molar-refractivity contribution is 5.71. The number of carbonyl (C=O) groups excluding carboxylic acids is 1. The Kier molecular flexibility index (Phi) is 7.03. The summed E-state index contributed by atoms with van der Waals surface area (Å²) in [4.78, 5) is 22.9. The Morgan fingerprint density at radius 3 is 2.35 bits per heavy atom. The van der Waals surface area contributed by atoms with E-state index in [0.717, 1.165) is 5.56 Å². The molecule has 6 heteroatoms. The van der Waals surface area contributed by atoms with Crippen LogP contribution in [-0.4, -0.2) is 34.9 Å². The van der Waals surface area contributed by atoms with E-state index in [2.05, 4.69) is 5.32 Å². The van der Waals surface area contributed by atoms with E-state index in [0.29, 0.717) is 6.61 Å². The van der Waals surface area contributed by atoms with E-state index in [1.54, 1.807) is 27.7 Å². The summed E-state index contributed by atoms with van der Waals surface area (Å²) in [6.45, 7) is 7.30. The first-order valence-corrected chi connectivity index (χ1v) is 7.54. The van der Waals surface area contributed by atoms with Crippen molar-refractivity contribution in [3.8, 4) is 0 Å². The van der Waals surface area contributed by atoms with Gasteiger partial charge in [0.1, 0.15) is 5.60 Å². The average molecular weight is 323 g/mol. The first-order valence-electron chi connectivity index (χ1n) is 7.54. The minimum atomic E-state index is -1.01. The molecule has 1 aromatic rings. The van der Waals surface area contributed by atoms with Gasteiger partial charge in [-0.15, -0.1) is 0 Å².